The number of hydrogen-bond acceptors (Lipinski definition) is 2. The Morgan fingerprint density at radius 1 is 0.615 bits per heavy atom. The molecular formula is C23H21N3. The molecule has 0 fully saturated rings. The molecule has 0 radical (unpaired) electrons. The van der Waals surface area contributed by atoms with Crippen LogP contribution in [-0.2, 0) is 0 Å². The summed E-state index contributed by atoms with van der Waals surface area (Å²) in [6, 6.07) is 29.2. The van der Waals surface area contributed by atoms with Crippen LogP contribution in [0.1, 0.15) is 25.6 Å². The summed E-state index contributed by atoms with van der Waals surface area (Å²) >= 11 is 0. The van der Waals surface area contributed by atoms with Gasteiger partial charge in [0.2, 0.25) is 0 Å². The Balaban J connectivity index is 1.81. The van der Waals surface area contributed by atoms with Crippen molar-refractivity contribution in [3.8, 4) is 28.2 Å². The van der Waals surface area contributed by atoms with Crippen molar-refractivity contribution in [1.82, 2.24) is 14.8 Å². The predicted octanol–water partition coefficient (Wildman–Crippen LogP) is 5.72. The van der Waals surface area contributed by atoms with Gasteiger partial charge in [0.25, 0.3) is 0 Å². The fraction of sp³-hybridized carbons (Fsp3) is 0.130. The minimum Gasteiger partial charge on any atom is -0.279 e. The van der Waals surface area contributed by atoms with Crippen molar-refractivity contribution in [2.24, 2.45) is 0 Å². The van der Waals surface area contributed by atoms with Gasteiger partial charge in [0.15, 0.2) is 5.82 Å². The van der Waals surface area contributed by atoms with Gasteiger partial charge in [-0.25, -0.2) is 0 Å². The molecule has 0 unspecified atom stereocenters. The predicted molar refractivity (Wildman–Crippen MR) is 106 cm³/mol. The van der Waals surface area contributed by atoms with Crippen LogP contribution in [0.4, 0.5) is 0 Å². The lowest BCUT2D eigenvalue weighted by Crippen LogP contribution is -2.04. The van der Waals surface area contributed by atoms with Crippen molar-refractivity contribution in [2.45, 2.75) is 19.8 Å². The van der Waals surface area contributed by atoms with Gasteiger partial charge in [-0.2, -0.15) is 0 Å². The van der Waals surface area contributed by atoms with E-state index in [4.69, 9.17) is 0 Å². The maximum absolute atomic E-state index is 4.48. The van der Waals surface area contributed by atoms with Crippen LogP contribution in [0.5, 0.6) is 0 Å². The van der Waals surface area contributed by atoms with E-state index in [1.165, 1.54) is 11.1 Å². The summed E-state index contributed by atoms with van der Waals surface area (Å²) in [5, 5.41) is 8.94. The molecule has 0 aliphatic rings. The van der Waals surface area contributed by atoms with Crippen LogP contribution < -0.4 is 0 Å². The van der Waals surface area contributed by atoms with Crippen molar-refractivity contribution in [1.29, 1.82) is 0 Å². The van der Waals surface area contributed by atoms with E-state index in [1.807, 2.05) is 24.3 Å². The first kappa shape index (κ1) is 16.3. The summed E-state index contributed by atoms with van der Waals surface area (Å²) in [7, 11) is 0. The normalized spacial score (nSPS) is 11.0. The molecule has 0 atom stereocenters. The molecule has 4 aromatic rings. The van der Waals surface area contributed by atoms with Gasteiger partial charge in [0.05, 0.1) is 0 Å². The average Bonchev–Trinajstić information content (AvgIpc) is 3.15. The first-order valence-electron chi connectivity index (χ1n) is 8.90. The highest BCUT2D eigenvalue weighted by molar-refractivity contribution is 5.66. The Hall–Kier alpha value is -3.20. The van der Waals surface area contributed by atoms with Gasteiger partial charge in [-0.1, -0.05) is 86.6 Å². The SMILES string of the molecule is CC(C)c1nnc(-c2ccccc2)n1-c1ccc(-c2ccccc2)cc1. The molecule has 1 heterocycles. The maximum atomic E-state index is 4.48. The van der Waals surface area contributed by atoms with Gasteiger partial charge >= 0.3 is 0 Å². The molecule has 0 aliphatic heterocycles. The Morgan fingerprint density at radius 2 is 1.15 bits per heavy atom. The third kappa shape index (κ3) is 3.04. The molecule has 0 aliphatic carbocycles. The standard InChI is InChI=1S/C23H21N3/c1-17(2)22-24-25-23(20-11-7-4-8-12-20)26(22)21-15-13-19(14-16-21)18-9-5-3-6-10-18/h3-17H,1-2H3. The van der Waals surface area contributed by atoms with Crippen molar-refractivity contribution >= 4 is 0 Å². The molecule has 1 aromatic heterocycles. The van der Waals surface area contributed by atoms with Crippen LogP contribution in [0.3, 0.4) is 0 Å². The van der Waals surface area contributed by atoms with Crippen LogP contribution in [0.25, 0.3) is 28.2 Å². The second-order valence-corrected chi connectivity index (χ2v) is 6.65. The van der Waals surface area contributed by atoms with Gasteiger partial charge in [-0.3, -0.25) is 4.57 Å². The van der Waals surface area contributed by atoms with Gasteiger partial charge in [0.1, 0.15) is 5.82 Å². The number of nitrogens with zero attached hydrogens (tertiary/aromatic N) is 3. The van der Waals surface area contributed by atoms with E-state index in [-0.39, 0.29) is 5.92 Å². The van der Waals surface area contributed by atoms with Crippen LogP contribution in [-0.4, -0.2) is 14.8 Å². The number of hydrogen-bond donors (Lipinski definition) is 0. The smallest absolute Gasteiger partial charge is 0.168 e. The largest absolute Gasteiger partial charge is 0.279 e. The lowest BCUT2D eigenvalue weighted by molar-refractivity contribution is 0.746. The molecule has 0 saturated carbocycles. The number of rotatable bonds is 4. The fourth-order valence-corrected chi connectivity index (χ4v) is 3.13. The Kier molecular flexibility index (Phi) is 4.36. The second kappa shape index (κ2) is 6.96. The summed E-state index contributed by atoms with van der Waals surface area (Å²) in [5.41, 5.74) is 4.57. The van der Waals surface area contributed by atoms with E-state index in [0.717, 1.165) is 22.9 Å². The summed E-state index contributed by atoms with van der Waals surface area (Å²) in [6.07, 6.45) is 0. The van der Waals surface area contributed by atoms with E-state index >= 15 is 0 Å². The minimum atomic E-state index is 0.286. The average molecular weight is 339 g/mol. The highest BCUT2D eigenvalue weighted by atomic mass is 15.3. The van der Waals surface area contributed by atoms with Gasteiger partial charge in [-0.15, -0.1) is 10.2 Å². The molecule has 0 N–H and O–H groups in total. The third-order valence-electron chi connectivity index (χ3n) is 4.47. The van der Waals surface area contributed by atoms with Crippen LogP contribution in [0.15, 0.2) is 84.9 Å². The van der Waals surface area contributed by atoms with E-state index in [2.05, 4.69) is 89.3 Å². The van der Waals surface area contributed by atoms with Crippen LogP contribution >= 0.6 is 0 Å². The molecule has 3 aromatic carbocycles. The first-order valence-corrected chi connectivity index (χ1v) is 8.90. The maximum Gasteiger partial charge on any atom is 0.168 e. The molecule has 3 heteroatoms. The summed E-state index contributed by atoms with van der Waals surface area (Å²) in [6.45, 7) is 4.29. The second-order valence-electron chi connectivity index (χ2n) is 6.65. The van der Waals surface area contributed by atoms with E-state index in [1.54, 1.807) is 0 Å². The molecule has 0 spiro atoms. The summed E-state index contributed by atoms with van der Waals surface area (Å²) in [4.78, 5) is 0. The number of benzene rings is 3. The van der Waals surface area contributed by atoms with Crippen molar-refractivity contribution < 1.29 is 0 Å². The van der Waals surface area contributed by atoms with Crippen LogP contribution in [0.2, 0.25) is 0 Å². The highest BCUT2D eigenvalue weighted by Crippen LogP contribution is 2.28. The molecule has 0 amide bonds. The molecular weight excluding hydrogens is 318 g/mol. The molecule has 0 bridgehead atoms. The van der Waals surface area contributed by atoms with Crippen molar-refractivity contribution in [3.63, 3.8) is 0 Å². The van der Waals surface area contributed by atoms with E-state index < -0.39 is 0 Å². The first-order chi connectivity index (χ1) is 12.7. The topological polar surface area (TPSA) is 30.7 Å². The Labute approximate surface area is 154 Å². The van der Waals surface area contributed by atoms with E-state index in [9.17, 15) is 0 Å². The zero-order valence-corrected chi connectivity index (χ0v) is 15.0. The highest BCUT2D eigenvalue weighted by Gasteiger charge is 2.17. The van der Waals surface area contributed by atoms with Gasteiger partial charge in [-0.05, 0) is 23.3 Å². The molecule has 26 heavy (non-hydrogen) atoms. The summed E-state index contributed by atoms with van der Waals surface area (Å²) < 4.78 is 2.16. The molecule has 3 nitrogen and oxygen atoms in total. The van der Waals surface area contributed by atoms with Crippen LogP contribution in [0, 0.1) is 0 Å². The quantitative estimate of drug-likeness (QED) is 0.476. The van der Waals surface area contributed by atoms with Gasteiger partial charge < -0.3 is 0 Å². The van der Waals surface area contributed by atoms with E-state index in [0.29, 0.717) is 0 Å². The monoisotopic (exact) mass is 339 g/mol. The third-order valence-corrected chi connectivity index (χ3v) is 4.47. The Morgan fingerprint density at radius 3 is 1.73 bits per heavy atom. The molecule has 0 saturated heterocycles. The zero-order chi connectivity index (χ0) is 17.9. The lowest BCUT2D eigenvalue weighted by Gasteiger charge is -2.13. The Bertz CT molecular complexity index is 985. The molecule has 4 rings (SSSR count). The lowest BCUT2D eigenvalue weighted by atomic mass is 10.1. The van der Waals surface area contributed by atoms with Crippen molar-refractivity contribution in [3.05, 3.63) is 90.8 Å². The molecule has 128 valence electrons. The van der Waals surface area contributed by atoms with Gasteiger partial charge in [0, 0.05) is 17.2 Å². The fourth-order valence-electron chi connectivity index (χ4n) is 3.13. The minimum absolute atomic E-state index is 0.286. The summed E-state index contributed by atoms with van der Waals surface area (Å²) in [5.74, 6) is 2.13. The number of aromatic nitrogens is 3. The zero-order valence-electron chi connectivity index (χ0n) is 15.0. The van der Waals surface area contributed by atoms with Crippen molar-refractivity contribution in [2.75, 3.05) is 0 Å².